The van der Waals surface area contributed by atoms with Gasteiger partial charge in [0.25, 0.3) is 18.1 Å². The minimum Gasteiger partial charge on any atom is -0.477 e. The number of aromatic carboxylic acids is 1. The number of benzene rings is 3. The van der Waals surface area contributed by atoms with Gasteiger partial charge in [-0.25, -0.2) is 19.2 Å². The number of carboxylic acid groups (broad SMARTS) is 2. The molecule has 0 spiro atoms. The van der Waals surface area contributed by atoms with Crippen molar-refractivity contribution in [1.29, 1.82) is 0 Å². The van der Waals surface area contributed by atoms with Crippen LogP contribution in [-0.2, 0) is 52.3 Å². The number of nitrogens with one attached hydrogen (secondary N) is 1. The molecule has 19 nitrogen and oxygen atoms in total. The zero-order valence-corrected chi connectivity index (χ0v) is 51.5. The summed E-state index contributed by atoms with van der Waals surface area (Å²) in [5, 5.41) is 21.4. The maximum atomic E-state index is 13.2. The topological polar surface area (TPSA) is 235 Å². The number of nitrogens with zero attached hydrogens (tertiary/aromatic N) is 2. The van der Waals surface area contributed by atoms with Crippen LogP contribution in [0.5, 0.6) is 0 Å². The molecule has 9 rings (SSSR count). The number of rotatable bonds is 15. The van der Waals surface area contributed by atoms with E-state index in [1.54, 1.807) is 11.0 Å². The zero-order valence-electron chi connectivity index (χ0n) is 49.1. The molecular weight excluding hydrogens is 1140 g/mol. The molecule has 6 aromatic rings. The highest BCUT2D eigenvalue weighted by Crippen LogP contribution is 2.41. The zero-order chi connectivity index (χ0) is 61.2. The van der Waals surface area contributed by atoms with Gasteiger partial charge in [-0.15, -0.1) is 34.0 Å². The molecule has 0 saturated carbocycles. The Morgan fingerprint density at radius 1 is 0.488 bits per heavy atom. The fraction of sp³-hybridized carbons (Fsp3) is 0.419. The van der Waals surface area contributed by atoms with Gasteiger partial charge in [0.05, 0.1) is 70.9 Å². The van der Waals surface area contributed by atoms with Gasteiger partial charge in [0.15, 0.2) is 0 Å². The SMILES string of the molecule is CC1COC(C(=O)N(c2cc(-c3ccccc3)sc2C(=O)O)C(C)C)OC1.CC1COC(C(=O)O)OC1.COC(=O)c1sc(-c2ccccc2)cc1N(C(=O)C1OCC(C)CO1)C(C)C.COC(=O)c1sc(-c2ccccc2)cc1NC(C)C. The molecule has 22 heteroatoms. The first kappa shape index (κ1) is 66.3. The second kappa shape index (κ2) is 31.9. The number of thiophene rings is 3. The summed E-state index contributed by atoms with van der Waals surface area (Å²) in [5.41, 5.74) is 4.71. The molecule has 452 valence electrons. The summed E-state index contributed by atoms with van der Waals surface area (Å²) in [5.74, 6) is -2.80. The van der Waals surface area contributed by atoms with E-state index in [0.717, 1.165) is 48.3 Å². The predicted molar refractivity (Wildman–Crippen MR) is 325 cm³/mol. The highest BCUT2D eigenvalue weighted by Gasteiger charge is 2.37. The van der Waals surface area contributed by atoms with Crippen LogP contribution in [0, 0.1) is 17.8 Å². The molecule has 3 aromatic carbocycles. The Kier molecular flexibility index (Phi) is 25.1. The monoisotopic (exact) mass is 1210 g/mol. The van der Waals surface area contributed by atoms with Gasteiger partial charge in [-0.1, -0.05) is 112 Å². The lowest BCUT2D eigenvalue weighted by molar-refractivity contribution is -0.215. The summed E-state index contributed by atoms with van der Waals surface area (Å²) in [4.78, 5) is 79.4. The fourth-order valence-electron chi connectivity index (χ4n) is 8.56. The Labute approximate surface area is 502 Å². The molecule has 0 atom stereocenters. The van der Waals surface area contributed by atoms with Gasteiger partial charge in [-0.2, -0.15) is 0 Å². The average Bonchev–Trinajstić information content (AvgIpc) is 4.45. The number of hydrogen-bond acceptors (Lipinski definition) is 18. The van der Waals surface area contributed by atoms with Crippen LogP contribution >= 0.6 is 34.0 Å². The largest absolute Gasteiger partial charge is 0.477 e. The molecule has 3 aliphatic rings. The number of anilines is 3. The molecule has 2 amide bonds. The van der Waals surface area contributed by atoms with Crippen molar-refractivity contribution in [2.45, 2.75) is 99.3 Å². The Bertz CT molecular complexity index is 3090. The minimum absolute atomic E-state index is 0.125. The maximum Gasteiger partial charge on any atom is 0.361 e. The summed E-state index contributed by atoms with van der Waals surface area (Å²) in [6.07, 6.45) is -3.02. The van der Waals surface area contributed by atoms with E-state index in [0.29, 0.717) is 66.7 Å². The van der Waals surface area contributed by atoms with Gasteiger partial charge < -0.3 is 63.2 Å². The van der Waals surface area contributed by atoms with Crippen molar-refractivity contribution in [3.63, 3.8) is 0 Å². The molecule has 0 aliphatic carbocycles. The number of aliphatic carboxylic acids is 1. The first-order chi connectivity index (χ1) is 40.1. The quantitative estimate of drug-likeness (QED) is 0.0811. The number of amides is 2. The van der Waals surface area contributed by atoms with E-state index in [9.17, 15) is 33.9 Å². The molecule has 0 bridgehead atoms. The van der Waals surface area contributed by atoms with Crippen LogP contribution in [0.1, 0.15) is 91.3 Å². The Morgan fingerprint density at radius 2 is 0.810 bits per heavy atom. The lowest BCUT2D eigenvalue weighted by Crippen LogP contribution is -2.48. The summed E-state index contributed by atoms with van der Waals surface area (Å²) in [6, 6.07) is 34.7. The van der Waals surface area contributed by atoms with Crippen molar-refractivity contribution < 1.29 is 76.9 Å². The van der Waals surface area contributed by atoms with E-state index >= 15 is 0 Å². The van der Waals surface area contributed by atoms with Gasteiger partial charge >= 0.3 is 23.9 Å². The van der Waals surface area contributed by atoms with Gasteiger partial charge in [-0.05, 0) is 76.4 Å². The maximum absolute atomic E-state index is 13.2. The van der Waals surface area contributed by atoms with Crippen molar-refractivity contribution in [1.82, 2.24) is 0 Å². The molecule has 3 aromatic heterocycles. The van der Waals surface area contributed by atoms with Crippen molar-refractivity contribution in [3.8, 4) is 31.3 Å². The van der Waals surface area contributed by atoms with E-state index in [-0.39, 0.29) is 52.6 Å². The van der Waals surface area contributed by atoms with E-state index in [1.165, 1.54) is 41.8 Å². The molecule has 3 N–H and O–H groups in total. The highest BCUT2D eigenvalue weighted by molar-refractivity contribution is 7.18. The minimum atomic E-state index is -1.06. The lowest BCUT2D eigenvalue weighted by atomic mass is 10.1. The predicted octanol–water partition coefficient (Wildman–Crippen LogP) is 11.9. The fourth-order valence-corrected chi connectivity index (χ4v) is 11.7. The number of hydrogen-bond donors (Lipinski definition) is 3. The van der Waals surface area contributed by atoms with Gasteiger partial charge in [-0.3, -0.25) is 9.59 Å². The number of carbonyl (C=O) groups excluding carboxylic acids is 4. The van der Waals surface area contributed by atoms with E-state index in [1.807, 2.05) is 165 Å². The third-order valence-corrected chi connectivity index (χ3v) is 16.0. The highest BCUT2D eigenvalue weighted by atomic mass is 32.1. The molecule has 0 unspecified atom stereocenters. The van der Waals surface area contributed by atoms with Crippen molar-refractivity contribution >= 4 is 86.8 Å². The first-order valence-electron chi connectivity index (χ1n) is 27.4. The number of carboxylic acids is 2. The second-order valence-corrected chi connectivity index (χ2v) is 24.1. The van der Waals surface area contributed by atoms with Crippen LogP contribution in [0.3, 0.4) is 0 Å². The van der Waals surface area contributed by atoms with E-state index in [4.69, 9.17) is 43.0 Å². The van der Waals surface area contributed by atoms with Gasteiger partial charge in [0, 0.05) is 50.5 Å². The van der Waals surface area contributed by atoms with E-state index in [2.05, 4.69) is 5.32 Å². The normalized spacial score (nSPS) is 19.3. The van der Waals surface area contributed by atoms with Gasteiger partial charge in [0.1, 0.15) is 14.6 Å². The van der Waals surface area contributed by atoms with Crippen LogP contribution in [0.4, 0.5) is 17.1 Å². The van der Waals surface area contributed by atoms with Crippen molar-refractivity contribution in [2.75, 3.05) is 69.0 Å². The number of ether oxygens (including phenoxy) is 8. The summed E-state index contributed by atoms with van der Waals surface area (Å²) in [7, 11) is 2.74. The second-order valence-electron chi connectivity index (χ2n) is 20.9. The Morgan fingerprint density at radius 3 is 1.14 bits per heavy atom. The standard InChI is InChI=1S/C21H25NO5S.C20H23NO5S.C15H17NO2S.C6H10O4/c1-13(2)22(19(23)21-26-11-14(3)12-27-21)16-10-17(15-8-6-5-7-9-15)28-18(16)20(24)25-4;1-12(2)21(18(22)20-25-10-13(3)11-26-20)15-9-16(27-17(15)19(23)24)14-7-5-4-6-8-14;1-10(2)16-12-9-13(11-7-5-4-6-8-11)19-14(12)15(17)18-3;1-4-2-9-6(5(7)8)10-3-4/h5-10,13-14,21H,11-12H2,1-4H3;4-9,12-13,20H,10-11H2,1-3H3,(H,23,24);4-10,16H,1-3H3;4,6H,2-3H2,1H3,(H,7,8). The molecule has 84 heavy (non-hydrogen) atoms. The molecule has 0 radical (unpaired) electrons. The van der Waals surface area contributed by atoms with E-state index < -0.39 is 36.8 Å². The van der Waals surface area contributed by atoms with Crippen LogP contribution in [-0.4, -0.2) is 137 Å². The Balaban J connectivity index is 0.000000189. The molecule has 3 aliphatic heterocycles. The third kappa shape index (κ3) is 18.1. The molecular formula is C62H75N3O16S3. The Hall–Kier alpha value is -6.86. The van der Waals surface area contributed by atoms with Crippen LogP contribution < -0.4 is 15.1 Å². The molecule has 3 saturated heterocycles. The smallest absolute Gasteiger partial charge is 0.361 e. The summed E-state index contributed by atoms with van der Waals surface area (Å²) < 4.78 is 41.7. The first-order valence-corrected chi connectivity index (χ1v) is 29.9. The number of methoxy groups -OCH3 is 2. The number of carbonyl (C=O) groups is 6. The molecule has 6 heterocycles. The van der Waals surface area contributed by atoms with Gasteiger partial charge in [0.2, 0.25) is 12.6 Å². The molecule has 3 fully saturated rings. The van der Waals surface area contributed by atoms with Crippen LogP contribution in [0.25, 0.3) is 31.3 Å². The summed E-state index contributed by atoms with van der Waals surface area (Å²) >= 11 is 3.91. The summed E-state index contributed by atoms with van der Waals surface area (Å²) in [6.45, 7) is 20.2. The van der Waals surface area contributed by atoms with Crippen molar-refractivity contribution in [2.24, 2.45) is 17.8 Å². The number of esters is 2. The third-order valence-electron chi connectivity index (χ3n) is 12.5. The lowest BCUT2D eigenvalue weighted by Gasteiger charge is -2.33. The van der Waals surface area contributed by atoms with Crippen molar-refractivity contribution in [3.05, 3.63) is 124 Å². The van der Waals surface area contributed by atoms with Crippen LogP contribution in [0.2, 0.25) is 0 Å². The van der Waals surface area contributed by atoms with Crippen LogP contribution in [0.15, 0.2) is 109 Å². The average molecular weight is 1210 g/mol.